The number of amidine groups is 1. The Kier molecular flexibility index (Phi) is 5.36. The van der Waals surface area contributed by atoms with E-state index in [4.69, 9.17) is 26.4 Å². The lowest BCUT2D eigenvalue weighted by atomic mass is 10.0. The molecule has 0 spiro atoms. The molecule has 0 radical (unpaired) electrons. The average Bonchev–Trinajstić information content (AvgIpc) is 3.39. The van der Waals surface area contributed by atoms with Gasteiger partial charge in [0, 0.05) is 43.5 Å². The van der Waals surface area contributed by atoms with E-state index in [2.05, 4.69) is 4.99 Å². The molecular weight excluding hydrogens is 349 g/mol. The fraction of sp³-hybridized carbons (Fsp3) is 0.474. The van der Waals surface area contributed by atoms with Crippen LogP contribution in [0, 0.1) is 11.2 Å². The minimum Gasteiger partial charge on any atom is -0.484 e. The molecular formula is C19H26FN5O2. The first-order chi connectivity index (χ1) is 12.8. The van der Waals surface area contributed by atoms with Gasteiger partial charge in [0.25, 0.3) is 0 Å². The van der Waals surface area contributed by atoms with Crippen LogP contribution in [0.15, 0.2) is 28.9 Å². The molecule has 0 atom stereocenters. The second kappa shape index (κ2) is 7.56. The van der Waals surface area contributed by atoms with Crippen molar-refractivity contribution in [1.82, 2.24) is 4.90 Å². The maximum absolute atomic E-state index is 14.2. The van der Waals surface area contributed by atoms with Crippen LogP contribution in [0.25, 0.3) is 0 Å². The lowest BCUT2D eigenvalue weighted by molar-refractivity contribution is 0.0684. The Balaban J connectivity index is 1.84. The summed E-state index contributed by atoms with van der Waals surface area (Å²) in [5.74, 6) is 0.223. The van der Waals surface area contributed by atoms with E-state index in [1.54, 1.807) is 13.1 Å². The fourth-order valence-corrected chi connectivity index (χ4v) is 2.86. The van der Waals surface area contributed by atoms with Gasteiger partial charge < -0.3 is 25.8 Å². The van der Waals surface area contributed by atoms with Crippen molar-refractivity contribution in [3.05, 3.63) is 35.3 Å². The van der Waals surface area contributed by atoms with Gasteiger partial charge in [0.05, 0.1) is 24.6 Å². The number of hydrogen-bond donors (Lipinski definition) is 3. The van der Waals surface area contributed by atoms with E-state index in [0.29, 0.717) is 37.7 Å². The van der Waals surface area contributed by atoms with Gasteiger partial charge >= 0.3 is 0 Å². The summed E-state index contributed by atoms with van der Waals surface area (Å²) < 4.78 is 25.3. The summed E-state index contributed by atoms with van der Waals surface area (Å²) in [5, 5.41) is 8.42. The van der Waals surface area contributed by atoms with Crippen LogP contribution in [-0.4, -0.2) is 55.4 Å². The van der Waals surface area contributed by atoms with Crippen LogP contribution < -0.4 is 16.2 Å². The first kappa shape index (κ1) is 19.2. The first-order valence-corrected chi connectivity index (χ1v) is 8.97. The van der Waals surface area contributed by atoms with Crippen molar-refractivity contribution in [3.8, 4) is 5.75 Å². The summed E-state index contributed by atoms with van der Waals surface area (Å²) >= 11 is 0. The number of rotatable bonds is 5. The van der Waals surface area contributed by atoms with Gasteiger partial charge in [0.2, 0.25) is 0 Å². The quantitative estimate of drug-likeness (QED) is 0.414. The Hall–Kier alpha value is -2.61. The number of anilines is 1. The summed E-state index contributed by atoms with van der Waals surface area (Å²) in [7, 11) is 1.67. The number of nitrogen functional groups attached to an aromatic ring is 1. The van der Waals surface area contributed by atoms with Gasteiger partial charge in [-0.2, -0.15) is 0 Å². The zero-order chi connectivity index (χ0) is 19.6. The number of nitrogens with two attached hydrogens (primary N) is 2. The minimum absolute atomic E-state index is 0.00714. The van der Waals surface area contributed by atoms with E-state index >= 15 is 0 Å². The third kappa shape index (κ3) is 4.39. The van der Waals surface area contributed by atoms with Gasteiger partial charge in [-0.25, -0.2) is 4.39 Å². The predicted molar refractivity (Wildman–Crippen MR) is 104 cm³/mol. The van der Waals surface area contributed by atoms with Gasteiger partial charge in [-0.05, 0) is 25.8 Å². The van der Waals surface area contributed by atoms with E-state index < -0.39 is 5.82 Å². The highest BCUT2D eigenvalue weighted by molar-refractivity contribution is 6.15. The summed E-state index contributed by atoms with van der Waals surface area (Å²) in [5.41, 5.74) is 12.4. The molecule has 27 heavy (non-hydrogen) atoms. The maximum Gasteiger partial charge on any atom is 0.167 e. The smallest absolute Gasteiger partial charge is 0.167 e. The predicted octanol–water partition coefficient (Wildman–Crippen LogP) is 1.91. The van der Waals surface area contributed by atoms with E-state index in [-0.39, 0.29) is 28.4 Å². The number of allylic oxidation sites excluding steroid dienone is 1. The molecule has 0 aromatic heterocycles. The Morgan fingerprint density at radius 3 is 2.63 bits per heavy atom. The molecule has 1 saturated heterocycles. The highest BCUT2D eigenvalue weighted by Crippen LogP contribution is 2.41. The Morgan fingerprint density at radius 2 is 2.04 bits per heavy atom. The number of halogens is 1. The van der Waals surface area contributed by atoms with Crippen molar-refractivity contribution >= 4 is 17.2 Å². The molecule has 146 valence electrons. The molecule has 2 fully saturated rings. The van der Waals surface area contributed by atoms with Crippen molar-refractivity contribution in [3.63, 3.8) is 0 Å². The topological polar surface area (TPSA) is 110 Å². The molecule has 8 heteroatoms. The summed E-state index contributed by atoms with van der Waals surface area (Å²) in [6, 6.07) is 2.63. The highest BCUT2D eigenvalue weighted by Gasteiger charge is 2.40. The van der Waals surface area contributed by atoms with E-state index in [1.165, 1.54) is 12.1 Å². The fourth-order valence-electron chi connectivity index (χ4n) is 2.86. The van der Waals surface area contributed by atoms with E-state index in [1.807, 2.05) is 11.8 Å². The molecule has 5 N–H and O–H groups in total. The standard InChI is InChI=1S/C19H26FN5O2/c1-19(3-4-19)27-16-9-12(14(21)10-13(16)20)18(23)15(22)11-17(24-2)25-5-7-26-8-6-25/h9-11,23H,3-8,21-22H2,1-2H3. The summed E-state index contributed by atoms with van der Waals surface area (Å²) in [4.78, 5) is 6.30. The number of nitrogens with one attached hydrogen (secondary N) is 1. The highest BCUT2D eigenvalue weighted by atomic mass is 19.1. The van der Waals surface area contributed by atoms with Crippen molar-refractivity contribution in [2.75, 3.05) is 39.1 Å². The molecule has 1 heterocycles. The molecule has 0 unspecified atom stereocenters. The van der Waals surface area contributed by atoms with Crippen LogP contribution in [0.5, 0.6) is 5.75 Å². The van der Waals surface area contributed by atoms with Gasteiger partial charge in [0.15, 0.2) is 11.6 Å². The number of nitrogens with zero attached hydrogens (tertiary/aromatic N) is 2. The van der Waals surface area contributed by atoms with Crippen LogP contribution in [0.3, 0.4) is 0 Å². The number of hydrogen-bond acceptors (Lipinski definition) is 6. The van der Waals surface area contributed by atoms with Crippen LogP contribution in [0.2, 0.25) is 0 Å². The molecule has 0 amide bonds. The first-order valence-electron chi connectivity index (χ1n) is 8.97. The molecule has 3 rings (SSSR count). The largest absolute Gasteiger partial charge is 0.484 e. The summed E-state index contributed by atoms with van der Waals surface area (Å²) in [6.45, 7) is 4.58. The van der Waals surface area contributed by atoms with Crippen LogP contribution in [-0.2, 0) is 4.74 Å². The van der Waals surface area contributed by atoms with Crippen LogP contribution >= 0.6 is 0 Å². The number of ether oxygens (including phenoxy) is 2. The van der Waals surface area contributed by atoms with Gasteiger partial charge in [0.1, 0.15) is 11.4 Å². The number of morpholine rings is 1. The summed E-state index contributed by atoms with van der Waals surface area (Å²) in [6.07, 6.45) is 3.39. The number of aliphatic imine (C=N–C) groups is 1. The third-order valence-corrected chi connectivity index (χ3v) is 4.82. The second-order valence-corrected chi connectivity index (χ2v) is 7.08. The Morgan fingerprint density at radius 1 is 1.37 bits per heavy atom. The van der Waals surface area contributed by atoms with Gasteiger partial charge in [-0.1, -0.05) is 0 Å². The lowest BCUT2D eigenvalue weighted by Gasteiger charge is -2.28. The SMILES string of the molecule is CN=C(C=C(N)C(=N)c1cc(OC2(C)CC2)c(F)cc1N)N1CCOCC1. The monoisotopic (exact) mass is 375 g/mol. The third-order valence-electron chi connectivity index (χ3n) is 4.82. The van der Waals surface area contributed by atoms with Crippen molar-refractivity contribution in [1.29, 1.82) is 5.41 Å². The molecule has 1 aromatic rings. The van der Waals surface area contributed by atoms with Crippen LogP contribution in [0.1, 0.15) is 25.3 Å². The molecule has 7 nitrogen and oxygen atoms in total. The van der Waals surface area contributed by atoms with Gasteiger partial charge in [-0.15, -0.1) is 0 Å². The zero-order valence-electron chi connectivity index (χ0n) is 15.7. The van der Waals surface area contributed by atoms with Crippen molar-refractivity contribution in [2.45, 2.75) is 25.4 Å². The molecule has 0 bridgehead atoms. The lowest BCUT2D eigenvalue weighted by Crippen LogP contribution is -2.40. The Bertz CT molecular complexity index is 796. The van der Waals surface area contributed by atoms with Crippen molar-refractivity contribution < 1.29 is 13.9 Å². The molecule has 1 aromatic carbocycles. The van der Waals surface area contributed by atoms with Crippen LogP contribution in [0.4, 0.5) is 10.1 Å². The van der Waals surface area contributed by atoms with Crippen molar-refractivity contribution in [2.24, 2.45) is 10.7 Å². The molecule has 1 aliphatic heterocycles. The number of benzene rings is 1. The maximum atomic E-state index is 14.2. The second-order valence-electron chi connectivity index (χ2n) is 7.08. The average molecular weight is 375 g/mol. The van der Waals surface area contributed by atoms with Gasteiger partial charge in [-0.3, -0.25) is 10.4 Å². The molecule has 2 aliphatic rings. The molecule has 1 saturated carbocycles. The van der Waals surface area contributed by atoms with E-state index in [0.717, 1.165) is 12.8 Å². The zero-order valence-corrected chi connectivity index (χ0v) is 15.7. The molecule has 1 aliphatic carbocycles. The minimum atomic E-state index is -0.538. The Labute approximate surface area is 158 Å². The normalized spacial score (nSPS) is 19.7. The van der Waals surface area contributed by atoms with E-state index in [9.17, 15) is 4.39 Å².